The summed E-state index contributed by atoms with van der Waals surface area (Å²) in [6.07, 6.45) is 3.09. The molecule has 14 heavy (non-hydrogen) atoms. The molecule has 0 amide bonds. The third-order valence-electron chi connectivity index (χ3n) is 1.32. The van der Waals surface area contributed by atoms with Gasteiger partial charge in [-0.1, -0.05) is 11.8 Å². The van der Waals surface area contributed by atoms with Crippen molar-refractivity contribution in [1.82, 2.24) is 9.97 Å². The fourth-order valence-electron chi connectivity index (χ4n) is 0.711. The third kappa shape index (κ3) is 3.42. The smallest absolute Gasteiger partial charge is 0.316 e. The number of hydrogen-bond donors (Lipinski definition) is 1. The Balaban J connectivity index is 2.82. The van der Waals surface area contributed by atoms with Crippen molar-refractivity contribution < 1.29 is 9.84 Å². The summed E-state index contributed by atoms with van der Waals surface area (Å²) in [7, 11) is 1.50. The molecule has 0 bridgehead atoms. The summed E-state index contributed by atoms with van der Waals surface area (Å²) in [5.74, 6) is 5.42. The van der Waals surface area contributed by atoms with Crippen LogP contribution in [0.4, 0.5) is 0 Å². The minimum atomic E-state index is -1.00. The molecule has 0 fully saturated rings. The van der Waals surface area contributed by atoms with Crippen molar-refractivity contribution in [3.05, 3.63) is 18.0 Å². The lowest BCUT2D eigenvalue weighted by Crippen LogP contribution is -2.14. The van der Waals surface area contributed by atoms with Crippen molar-refractivity contribution in [1.29, 1.82) is 0 Å². The average molecular weight is 192 g/mol. The molecule has 0 aliphatic heterocycles. The molecular weight excluding hydrogens is 180 g/mol. The summed E-state index contributed by atoms with van der Waals surface area (Å²) in [6.45, 7) is 3.23. The number of nitrogens with zero attached hydrogens (tertiary/aromatic N) is 2. The lowest BCUT2D eigenvalue weighted by molar-refractivity contribution is 0.143. The van der Waals surface area contributed by atoms with Crippen LogP contribution in [0.1, 0.15) is 19.4 Å². The molecule has 0 aromatic carbocycles. The Morgan fingerprint density at radius 2 is 1.93 bits per heavy atom. The van der Waals surface area contributed by atoms with E-state index in [2.05, 4.69) is 21.8 Å². The molecule has 0 saturated carbocycles. The summed E-state index contributed by atoms with van der Waals surface area (Å²) < 4.78 is 4.79. The predicted molar refractivity (Wildman–Crippen MR) is 51.8 cm³/mol. The Kier molecular flexibility index (Phi) is 3.05. The number of aromatic nitrogens is 2. The standard InChI is InChI=1S/C10H12N2O2/c1-10(2,13)5-4-8-6-11-9(14-3)12-7-8/h6-7,13H,1-3H3. The second-order valence-electron chi connectivity index (χ2n) is 3.27. The highest BCUT2D eigenvalue weighted by molar-refractivity contribution is 5.32. The Morgan fingerprint density at radius 1 is 1.36 bits per heavy atom. The first-order valence-corrected chi connectivity index (χ1v) is 4.13. The molecule has 0 aliphatic carbocycles. The monoisotopic (exact) mass is 192 g/mol. The molecule has 1 aromatic heterocycles. The Bertz CT molecular complexity index is 354. The van der Waals surface area contributed by atoms with E-state index in [0.29, 0.717) is 11.6 Å². The maximum atomic E-state index is 9.34. The van der Waals surface area contributed by atoms with Gasteiger partial charge < -0.3 is 9.84 Å². The van der Waals surface area contributed by atoms with Gasteiger partial charge in [0.05, 0.1) is 12.7 Å². The molecule has 1 N–H and O–H groups in total. The zero-order valence-corrected chi connectivity index (χ0v) is 8.40. The van der Waals surface area contributed by atoms with Crippen molar-refractivity contribution in [2.24, 2.45) is 0 Å². The van der Waals surface area contributed by atoms with Crippen LogP contribution in [-0.2, 0) is 0 Å². The van der Waals surface area contributed by atoms with Crippen LogP contribution < -0.4 is 4.74 Å². The molecular formula is C10H12N2O2. The number of hydrogen-bond acceptors (Lipinski definition) is 4. The van der Waals surface area contributed by atoms with Crippen LogP contribution in [0.2, 0.25) is 0 Å². The second-order valence-corrected chi connectivity index (χ2v) is 3.27. The molecule has 0 unspecified atom stereocenters. The first kappa shape index (κ1) is 10.5. The Hall–Kier alpha value is -1.60. The first-order valence-electron chi connectivity index (χ1n) is 4.13. The van der Waals surface area contributed by atoms with Gasteiger partial charge in [0, 0.05) is 12.4 Å². The largest absolute Gasteiger partial charge is 0.467 e. The maximum Gasteiger partial charge on any atom is 0.316 e. The molecule has 74 valence electrons. The van der Waals surface area contributed by atoms with Crippen LogP contribution in [0.15, 0.2) is 12.4 Å². The van der Waals surface area contributed by atoms with Gasteiger partial charge in [-0.15, -0.1) is 0 Å². The second kappa shape index (κ2) is 4.07. The van der Waals surface area contributed by atoms with E-state index in [1.165, 1.54) is 7.11 Å². The molecule has 0 atom stereocenters. The van der Waals surface area contributed by atoms with Gasteiger partial charge in [0.1, 0.15) is 5.60 Å². The molecule has 0 radical (unpaired) electrons. The topological polar surface area (TPSA) is 55.2 Å². The van der Waals surface area contributed by atoms with Crippen molar-refractivity contribution in [3.63, 3.8) is 0 Å². The van der Waals surface area contributed by atoms with Crippen LogP contribution >= 0.6 is 0 Å². The minimum absolute atomic E-state index is 0.304. The third-order valence-corrected chi connectivity index (χ3v) is 1.32. The van der Waals surface area contributed by atoms with Gasteiger partial charge >= 0.3 is 6.01 Å². The zero-order chi connectivity index (χ0) is 10.6. The van der Waals surface area contributed by atoms with E-state index in [4.69, 9.17) is 4.74 Å². The Morgan fingerprint density at radius 3 is 2.36 bits per heavy atom. The van der Waals surface area contributed by atoms with Gasteiger partial charge in [-0.25, -0.2) is 9.97 Å². The summed E-state index contributed by atoms with van der Waals surface area (Å²) in [5.41, 5.74) is -0.354. The van der Waals surface area contributed by atoms with Gasteiger partial charge in [0.15, 0.2) is 0 Å². The van der Waals surface area contributed by atoms with E-state index >= 15 is 0 Å². The molecule has 4 nitrogen and oxygen atoms in total. The van der Waals surface area contributed by atoms with Crippen LogP contribution in [0, 0.1) is 11.8 Å². The maximum absolute atomic E-state index is 9.34. The van der Waals surface area contributed by atoms with Crippen molar-refractivity contribution in [3.8, 4) is 17.9 Å². The van der Waals surface area contributed by atoms with E-state index in [1.54, 1.807) is 26.2 Å². The van der Waals surface area contributed by atoms with Gasteiger partial charge in [0.2, 0.25) is 0 Å². The highest BCUT2D eigenvalue weighted by Gasteiger charge is 2.05. The predicted octanol–water partition coefficient (Wildman–Crippen LogP) is 0.608. The van der Waals surface area contributed by atoms with Crippen LogP contribution in [-0.4, -0.2) is 27.8 Å². The van der Waals surface area contributed by atoms with Crippen molar-refractivity contribution in [2.75, 3.05) is 7.11 Å². The average Bonchev–Trinajstić information content (AvgIpc) is 2.14. The first-order chi connectivity index (χ1) is 6.51. The summed E-state index contributed by atoms with van der Waals surface area (Å²) in [4.78, 5) is 7.76. The molecule has 1 rings (SSSR count). The normalized spacial score (nSPS) is 10.3. The fourth-order valence-corrected chi connectivity index (χ4v) is 0.711. The summed E-state index contributed by atoms with van der Waals surface area (Å²) >= 11 is 0. The van der Waals surface area contributed by atoms with E-state index in [1.807, 2.05) is 0 Å². The van der Waals surface area contributed by atoms with Crippen molar-refractivity contribution >= 4 is 0 Å². The van der Waals surface area contributed by atoms with E-state index in [-0.39, 0.29) is 0 Å². The van der Waals surface area contributed by atoms with E-state index in [0.717, 1.165) is 0 Å². The quantitative estimate of drug-likeness (QED) is 0.662. The molecule has 4 heteroatoms. The number of methoxy groups -OCH3 is 1. The van der Waals surface area contributed by atoms with Gasteiger partial charge in [-0.3, -0.25) is 0 Å². The summed E-state index contributed by atoms with van der Waals surface area (Å²) in [6, 6.07) is 0.304. The van der Waals surface area contributed by atoms with Crippen LogP contribution in [0.3, 0.4) is 0 Å². The van der Waals surface area contributed by atoms with Crippen LogP contribution in [0.5, 0.6) is 6.01 Å². The molecule has 1 heterocycles. The van der Waals surface area contributed by atoms with Gasteiger partial charge in [0.25, 0.3) is 0 Å². The number of ether oxygens (including phenoxy) is 1. The molecule has 0 spiro atoms. The summed E-state index contributed by atoms with van der Waals surface area (Å²) in [5, 5.41) is 9.34. The minimum Gasteiger partial charge on any atom is -0.467 e. The molecule has 0 aliphatic rings. The van der Waals surface area contributed by atoms with Crippen LogP contribution in [0.25, 0.3) is 0 Å². The van der Waals surface area contributed by atoms with Gasteiger partial charge in [-0.2, -0.15) is 0 Å². The highest BCUT2D eigenvalue weighted by atomic mass is 16.5. The van der Waals surface area contributed by atoms with E-state index < -0.39 is 5.60 Å². The van der Waals surface area contributed by atoms with Crippen molar-refractivity contribution in [2.45, 2.75) is 19.4 Å². The Labute approximate surface area is 83.0 Å². The zero-order valence-electron chi connectivity index (χ0n) is 8.40. The number of aliphatic hydroxyl groups is 1. The fraction of sp³-hybridized carbons (Fsp3) is 0.400. The van der Waals surface area contributed by atoms with Gasteiger partial charge in [-0.05, 0) is 13.8 Å². The number of rotatable bonds is 1. The molecule has 0 saturated heterocycles. The lowest BCUT2D eigenvalue weighted by Gasteiger charge is -2.05. The lowest BCUT2D eigenvalue weighted by atomic mass is 10.1. The highest BCUT2D eigenvalue weighted by Crippen LogP contribution is 2.02. The SMILES string of the molecule is COc1ncc(C#CC(C)(C)O)cn1. The van der Waals surface area contributed by atoms with E-state index in [9.17, 15) is 5.11 Å². The molecule has 1 aromatic rings.